The number of hydrogen-bond acceptors (Lipinski definition) is 7. The van der Waals surface area contributed by atoms with Crippen LogP contribution in [-0.4, -0.2) is 89.6 Å². The molecule has 2 aliphatic heterocycles. The van der Waals surface area contributed by atoms with Crippen molar-refractivity contribution >= 4 is 39.1 Å². The van der Waals surface area contributed by atoms with Crippen LogP contribution in [0.15, 0.2) is 24.3 Å². The summed E-state index contributed by atoms with van der Waals surface area (Å²) < 4.78 is 16.1. The normalized spacial score (nSPS) is 16.1. The summed E-state index contributed by atoms with van der Waals surface area (Å²) in [6.07, 6.45) is 1.95. The largest absolute Gasteiger partial charge is 0.392 e. The zero-order valence-corrected chi connectivity index (χ0v) is 30.5. The van der Waals surface area contributed by atoms with Crippen molar-refractivity contribution in [2.45, 2.75) is 79.2 Å². The Hall–Kier alpha value is -3.83. The second-order valence-corrected chi connectivity index (χ2v) is 13.3. The molecule has 1 amide bonds. The van der Waals surface area contributed by atoms with Crippen molar-refractivity contribution in [1.82, 2.24) is 24.8 Å². The van der Waals surface area contributed by atoms with Crippen LogP contribution in [0.1, 0.15) is 96.9 Å². The number of amides is 1. The highest BCUT2D eigenvalue weighted by atomic mass is 16.5. The number of aliphatic hydroxyl groups is 1. The highest BCUT2D eigenvalue weighted by Crippen LogP contribution is 2.42. The summed E-state index contributed by atoms with van der Waals surface area (Å²) >= 11 is 0. The van der Waals surface area contributed by atoms with E-state index in [4.69, 9.17) is 24.2 Å². The number of aromatic nitrogens is 4. The molecule has 10 nitrogen and oxygen atoms in total. The number of hydrogen-bond donors (Lipinski definition) is 3. The van der Waals surface area contributed by atoms with Gasteiger partial charge in [0, 0.05) is 78.0 Å². The van der Waals surface area contributed by atoms with E-state index in [1.807, 2.05) is 14.0 Å². The summed E-state index contributed by atoms with van der Waals surface area (Å²) in [7, 11) is 3.48. The van der Waals surface area contributed by atoms with Crippen molar-refractivity contribution in [3.05, 3.63) is 69.3 Å². The van der Waals surface area contributed by atoms with Crippen LogP contribution in [0.3, 0.4) is 0 Å². The number of rotatable bonds is 14. The molecule has 0 fully saturated rings. The number of carbonyl (C=O) groups excluding carboxylic acids is 1. The second-order valence-electron chi connectivity index (χ2n) is 13.3. The van der Waals surface area contributed by atoms with Gasteiger partial charge in [-0.1, -0.05) is 13.8 Å². The van der Waals surface area contributed by atoms with E-state index in [2.05, 4.69) is 68.9 Å². The van der Waals surface area contributed by atoms with Gasteiger partial charge in [-0.15, -0.1) is 0 Å². The Morgan fingerprint density at radius 3 is 2.27 bits per heavy atom. The van der Waals surface area contributed by atoms with E-state index in [1.165, 1.54) is 5.57 Å². The molecule has 2 aliphatic rings. The van der Waals surface area contributed by atoms with Gasteiger partial charge in [-0.2, -0.15) is 0 Å². The van der Waals surface area contributed by atoms with Gasteiger partial charge in [0.2, 0.25) is 5.91 Å². The number of H-pyrrole nitrogens is 2. The molecular weight excluding hydrogens is 618 g/mol. The van der Waals surface area contributed by atoms with Gasteiger partial charge in [-0.25, -0.2) is 4.98 Å². The van der Waals surface area contributed by atoms with Gasteiger partial charge in [0.05, 0.1) is 51.0 Å². The number of aromatic amines is 2. The van der Waals surface area contributed by atoms with Crippen molar-refractivity contribution in [2.75, 3.05) is 53.7 Å². The van der Waals surface area contributed by atoms with Crippen molar-refractivity contribution in [2.24, 2.45) is 0 Å². The first kappa shape index (κ1) is 36.5. The Labute approximate surface area is 289 Å². The minimum atomic E-state index is -0.0801. The van der Waals surface area contributed by atoms with Gasteiger partial charge in [-0.3, -0.25) is 9.78 Å². The molecule has 0 saturated heterocycles. The monoisotopic (exact) mass is 671 g/mol. The molecule has 5 heterocycles. The Morgan fingerprint density at radius 1 is 0.878 bits per heavy atom. The van der Waals surface area contributed by atoms with E-state index in [9.17, 15) is 9.90 Å². The molecule has 2 atom stereocenters. The minimum absolute atomic E-state index is 0.0580. The Morgan fingerprint density at radius 2 is 1.55 bits per heavy atom. The number of allylic oxidation sites excluding steroid dienone is 2. The third-order valence-corrected chi connectivity index (χ3v) is 10.2. The van der Waals surface area contributed by atoms with Gasteiger partial charge in [0.1, 0.15) is 0 Å². The first-order valence-electron chi connectivity index (χ1n) is 17.5. The first-order valence-corrected chi connectivity index (χ1v) is 17.5. The quantitative estimate of drug-likeness (QED) is 0.160. The van der Waals surface area contributed by atoms with Gasteiger partial charge in [-0.05, 0) is 92.6 Å². The summed E-state index contributed by atoms with van der Waals surface area (Å²) in [6, 6.07) is 8.51. The predicted octanol–water partition coefficient (Wildman–Crippen LogP) is 6.88. The van der Waals surface area contributed by atoms with Gasteiger partial charge >= 0.3 is 0 Å². The van der Waals surface area contributed by atoms with Gasteiger partial charge < -0.3 is 34.2 Å². The number of methoxy groups -OCH3 is 1. The lowest BCUT2D eigenvalue weighted by Crippen LogP contribution is -2.30. The fourth-order valence-electron chi connectivity index (χ4n) is 6.91. The van der Waals surface area contributed by atoms with E-state index in [0.29, 0.717) is 52.4 Å². The molecule has 5 rings (SSSR count). The molecule has 3 aromatic heterocycles. The lowest BCUT2D eigenvalue weighted by atomic mass is 9.86. The topological polar surface area (TPSA) is 126 Å². The maximum Gasteiger partial charge on any atom is 0.222 e. The lowest BCUT2D eigenvalue weighted by molar-refractivity contribution is -0.130. The molecule has 0 saturated carbocycles. The van der Waals surface area contributed by atoms with Crippen LogP contribution in [-0.2, 0) is 25.6 Å². The standard InChI is InChI=1S/C39H53N5O5/c1-9-28-24(3)34-21-37-30(22-45)26(5)33(42-37)20-35-25(4)29(10-11-38(46)44(7)12-13-48-16-17-49-15-14-47-8)39(43-35)27(6)32-18-23(2)31(40-32)19-36(28)41-34/h18-21,25,29,40,42,45H,9-17,22H2,1-8H3/t25-,29-/m0/s1. The van der Waals surface area contributed by atoms with Crippen LogP contribution < -0.4 is 0 Å². The molecule has 3 aromatic rings. The first-order chi connectivity index (χ1) is 23.6. The average Bonchev–Trinajstić information content (AvgIpc) is 3.79. The van der Waals surface area contributed by atoms with Gasteiger partial charge in [0.15, 0.2) is 0 Å². The summed E-state index contributed by atoms with van der Waals surface area (Å²) in [5.74, 6) is 0.231. The number of carbonyl (C=O) groups is 1. The summed E-state index contributed by atoms with van der Waals surface area (Å²) in [4.78, 5) is 32.6. The van der Waals surface area contributed by atoms with Crippen LogP contribution in [0, 0.1) is 20.8 Å². The van der Waals surface area contributed by atoms with Gasteiger partial charge in [0.25, 0.3) is 0 Å². The van der Waals surface area contributed by atoms with Crippen LogP contribution in [0.4, 0.5) is 0 Å². The molecule has 0 radical (unpaired) electrons. The maximum absolute atomic E-state index is 13.3. The van der Waals surface area contributed by atoms with Crippen LogP contribution in [0.5, 0.6) is 0 Å². The predicted molar refractivity (Wildman–Crippen MR) is 195 cm³/mol. The number of aliphatic hydroxyl groups excluding tert-OH is 1. The average molecular weight is 672 g/mol. The molecule has 264 valence electrons. The fourth-order valence-corrected chi connectivity index (χ4v) is 6.91. The molecule has 0 unspecified atom stereocenters. The van der Waals surface area contributed by atoms with E-state index < -0.39 is 0 Å². The number of fused-ring (bicyclic) bond motifs is 8. The SMILES string of the molecule is CCC1=C(C)c2cc3[nH]c(cc4nc(c(C)c5cc(C)c(cc1n2)[nH]5)[C@@H](CCC(=O)N(C)CCOCCOCCOC)[C@@H]4C)c(C)c3CO. The highest BCUT2D eigenvalue weighted by Gasteiger charge is 2.31. The summed E-state index contributed by atoms with van der Waals surface area (Å²) in [6.45, 7) is 15.8. The van der Waals surface area contributed by atoms with Crippen molar-refractivity contribution in [3.63, 3.8) is 0 Å². The third kappa shape index (κ3) is 7.99. The van der Waals surface area contributed by atoms with Crippen molar-refractivity contribution in [3.8, 4) is 0 Å². The molecule has 10 heteroatoms. The minimum Gasteiger partial charge on any atom is -0.392 e. The zero-order valence-electron chi connectivity index (χ0n) is 30.5. The summed E-state index contributed by atoms with van der Waals surface area (Å²) in [5, 5.41) is 10.4. The Balaban J connectivity index is 1.49. The van der Waals surface area contributed by atoms with Crippen molar-refractivity contribution in [1.29, 1.82) is 0 Å². The molecule has 0 aromatic carbocycles. The summed E-state index contributed by atoms with van der Waals surface area (Å²) in [5.41, 5.74) is 14.1. The fraction of sp³-hybridized carbons (Fsp3) is 0.513. The molecule has 8 bridgehead atoms. The highest BCUT2D eigenvalue weighted by molar-refractivity contribution is 5.92. The molecule has 49 heavy (non-hydrogen) atoms. The molecule has 0 spiro atoms. The molecular formula is C39H53N5O5. The number of likely N-dealkylation sites (N-methyl/N-ethyl adjacent to an activating group) is 1. The lowest BCUT2D eigenvalue weighted by Gasteiger charge is -2.20. The Bertz CT molecular complexity index is 1860. The van der Waals surface area contributed by atoms with Crippen LogP contribution in [0.2, 0.25) is 0 Å². The third-order valence-electron chi connectivity index (χ3n) is 10.2. The maximum atomic E-state index is 13.3. The Kier molecular flexibility index (Phi) is 12.1. The number of nitrogens with zero attached hydrogens (tertiary/aromatic N) is 3. The molecule has 0 aliphatic carbocycles. The van der Waals surface area contributed by atoms with E-state index in [1.54, 1.807) is 12.0 Å². The van der Waals surface area contributed by atoms with E-state index in [-0.39, 0.29) is 24.3 Å². The number of ether oxygens (including phenoxy) is 3. The smallest absolute Gasteiger partial charge is 0.222 e. The van der Waals surface area contributed by atoms with Crippen LogP contribution >= 0.6 is 0 Å². The van der Waals surface area contributed by atoms with Crippen LogP contribution in [0.25, 0.3) is 33.2 Å². The number of nitrogens with one attached hydrogen (secondary N) is 2. The molecule has 3 N–H and O–H groups in total. The van der Waals surface area contributed by atoms with Crippen molar-refractivity contribution < 1.29 is 24.1 Å². The van der Waals surface area contributed by atoms with E-state index >= 15 is 0 Å². The number of aryl methyl sites for hydroxylation is 3. The second kappa shape index (κ2) is 16.3. The van der Waals surface area contributed by atoms with E-state index in [0.717, 1.165) is 79.1 Å². The zero-order chi connectivity index (χ0) is 35.2.